The SMILES string of the molecule is CCN(CC)C(CN=C(N)NCCC(C)C)c1ccsc1.I. The van der Waals surface area contributed by atoms with Crippen molar-refractivity contribution in [1.29, 1.82) is 0 Å². The lowest BCUT2D eigenvalue weighted by atomic mass is 10.1. The highest BCUT2D eigenvalue weighted by molar-refractivity contribution is 14.0. The molecule has 0 fully saturated rings. The van der Waals surface area contributed by atoms with Crippen molar-refractivity contribution in [3.05, 3.63) is 22.4 Å². The molecule has 6 heteroatoms. The summed E-state index contributed by atoms with van der Waals surface area (Å²) in [6, 6.07) is 2.50. The lowest BCUT2D eigenvalue weighted by Crippen LogP contribution is -2.35. The summed E-state index contributed by atoms with van der Waals surface area (Å²) >= 11 is 1.74. The zero-order valence-corrected chi connectivity index (χ0v) is 17.4. The van der Waals surface area contributed by atoms with Crippen LogP contribution in [0.2, 0.25) is 0 Å². The predicted molar refractivity (Wildman–Crippen MR) is 109 cm³/mol. The number of aliphatic imine (C=N–C) groups is 1. The van der Waals surface area contributed by atoms with E-state index >= 15 is 0 Å². The summed E-state index contributed by atoms with van der Waals surface area (Å²) in [5.41, 5.74) is 7.30. The number of guanidine groups is 1. The molecule has 0 saturated heterocycles. The Balaban J connectivity index is 0.00000441. The summed E-state index contributed by atoms with van der Waals surface area (Å²) in [5.74, 6) is 1.24. The highest BCUT2D eigenvalue weighted by Gasteiger charge is 2.17. The molecule has 0 bridgehead atoms. The summed E-state index contributed by atoms with van der Waals surface area (Å²) in [6.07, 6.45) is 1.11. The van der Waals surface area contributed by atoms with E-state index in [-0.39, 0.29) is 24.0 Å². The van der Waals surface area contributed by atoms with E-state index in [1.165, 1.54) is 5.56 Å². The minimum atomic E-state index is 0. The highest BCUT2D eigenvalue weighted by atomic mass is 127. The smallest absolute Gasteiger partial charge is 0.188 e. The lowest BCUT2D eigenvalue weighted by Gasteiger charge is -2.28. The van der Waals surface area contributed by atoms with Crippen molar-refractivity contribution in [3.63, 3.8) is 0 Å². The highest BCUT2D eigenvalue weighted by Crippen LogP contribution is 2.23. The molecule has 1 atom stereocenters. The molecule has 4 nitrogen and oxygen atoms in total. The van der Waals surface area contributed by atoms with Gasteiger partial charge in [-0.1, -0.05) is 27.7 Å². The van der Waals surface area contributed by atoms with Gasteiger partial charge in [-0.15, -0.1) is 24.0 Å². The molecule has 1 unspecified atom stereocenters. The first-order chi connectivity index (χ1) is 10.1. The Bertz CT molecular complexity index is 402. The summed E-state index contributed by atoms with van der Waals surface area (Å²) in [6.45, 7) is 12.4. The molecule has 128 valence electrons. The molecular weight excluding hydrogens is 407 g/mol. The number of thiophene rings is 1. The van der Waals surface area contributed by atoms with Gasteiger partial charge >= 0.3 is 0 Å². The van der Waals surface area contributed by atoms with Gasteiger partial charge in [0.25, 0.3) is 0 Å². The van der Waals surface area contributed by atoms with Crippen LogP contribution in [0.3, 0.4) is 0 Å². The van der Waals surface area contributed by atoms with E-state index < -0.39 is 0 Å². The fraction of sp³-hybridized carbons (Fsp3) is 0.688. The number of halogens is 1. The van der Waals surface area contributed by atoms with Crippen LogP contribution in [-0.4, -0.2) is 37.0 Å². The van der Waals surface area contributed by atoms with Crippen molar-refractivity contribution in [3.8, 4) is 0 Å². The van der Waals surface area contributed by atoms with Gasteiger partial charge in [0.2, 0.25) is 0 Å². The molecule has 1 aromatic heterocycles. The van der Waals surface area contributed by atoms with E-state index in [1.54, 1.807) is 11.3 Å². The average molecular weight is 438 g/mol. The number of rotatable bonds is 9. The first-order valence-corrected chi connectivity index (χ1v) is 8.82. The van der Waals surface area contributed by atoms with Crippen molar-refractivity contribution in [2.75, 3.05) is 26.2 Å². The molecule has 0 radical (unpaired) electrons. The third-order valence-electron chi connectivity index (χ3n) is 3.64. The molecule has 1 aromatic rings. The van der Waals surface area contributed by atoms with E-state index in [9.17, 15) is 0 Å². The summed E-state index contributed by atoms with van der Waals surface area (Å²) in [4.78, 5) is 6.96. The van der Waals surface area contributed by atoms with E-state index in [0.717, 1.165) is 26.1 Å². The van der Waals surface area contributed by atoms with E-state index in [1.807, 2.05) is 0 Å². The quantitative estimate of drug-likeness (QED) is 0.351. The number of likely N-dealkylation sites (N-methyl/N-ethyl adjacent to an activating group) is 1. The van der Waals surface area contributed by atoms with Gasteiger partial charge in [-0.2, -0.15) is 11.3 Å². The first-order valence-electron chi connectivity index (χ1n) is 7.88. The lowest BCUT2D eigenvalue weighted by molar-refractivity contribution is 0.225. The zero-order chi connectivity index (χ0) is 15.7. The first kappa shape index (κ1) is 21.7. The second-order valence-corrected chi connectivity index (χ2v) is 6.41. The Morgan fingerprint density at radius 2 is 2.05 bits per heavy atom. The van der Waals surface area contributed by atoms with Crippen LogP contribution in [0.1, 0.15) is 45.7 Å². The second kappa shape index (κ2) is 12.1. The van der Waals surface area contributed by atoms with Gasteiger partial charge in [0, 0.05) is 6.54 Å². The second-order valence-electron chi connectivity index (χ2n) is 5.63. The number of nitrogens with zero attached hydrogens (tertiary/aromatic N) is 2. The van der Waals surface area contributed by atoms with Gasteiger partial charge in [0.05, 0.1) is 12.6 Å². The number of hydrogen-bond acceptors (Lipinski definition) is 3. The van der Waals surface area contributed by atoms with Crippen LogP contribution < -0.4 is 11.1 Å². The number of nitrogens with two attached hydrogens (primary N) is 1. The van der Waals surface area contributed by atoms with Crippen molar-refractivity contribution < 1.29 is 0 Å². The van der Waals surface area contributed by atoms with Crippen LogP contribution in [-0.2, 0) is 0 Å². The fourth-order valence-corrected chi connectivity index (χ4v) is 3.00. The number of nitrogens with one attached hydrogen (secondary N) is 1. The van der Waals surface area contributed by atoms with Crippen LogP contribution in [0.25, 0.3) is 0 Å². The summed E-state index contributed by atoms with van der Waals surface area (Å²) < 4.78 is 0. The zero-order valence-electron chi connectivity index (χ0n) is 14.2. The maximum absolute atomic E-state index is 5.97. The van der Waals surface area contributed by atoms with E-state index in [2.05, 4.69) is 59.7 Å². The molecular formula is C16H31IN4S. The Morgan fingerprint density at radius 1 is 1.36 bits per heavy atom. The molecule has 0 aliphatic heterocycles. The third-order valence-corrected chi connectivity index (χ3v) is 4.34. The number of hydrogen-bond donors (Lipinski definition) is 2. The van der Waals surface area contributed by atoms with E-state index in [0.29, 0.717) is 24.5 Å². The average Bonchev–Trinajstić information content (AvgIpc) is 2.96. The molecule has 0 saturated carbocycles. The van der Waals surface area contributed by atoms with Crippen LogP contribution >= 0.6 is 35.3 Å². The minimum absolute atomic E-state index is 0. The van der Waals surface area contributed by atoms with Crippen LogP contribution in [0, 0.1) is 5.92 Å². The van der Waals surface area contributed by atoms with Crippen molar-refractivity contribution >= 4 is 41.3 Å². The molecule has 1 heterocycles. The van der Waals surface area contributed by atoms with Crippen LogP contribution in [0.15, 0.2) is 21.8 Å². The normalized spacial score (nSPS) is 13.3. The summed E-state index contributed by atoms with van der Waals surface area (Å²) in [7, 11) is 0. The molecule has 1 rings (SSSR count). The van der Waals surface area contributed by atoms with Crippen molar-refractivity contribution in [2.45, 2.75) is 40.2 Å². The largest absolute Gasteiger partial charge is 0.370 e. The Morgan fingerprint density at radius 3 is 2.55 bits per heavy atom. The standard InChI is InChI=1S/C16H30N4S.HI/c1-5-20(6-2)15(14-8-10-21-12-14)11-19-16(17)18-9-7-13(3)4;/h8,10,12-13,15H,5-7,9,11H2,1-4H3,(H3,17,18,19);1H. The Labute approximate surface area is 156 Å². The maximum Gasteiger partial charge on any atom is 0.188 e. The van der Waals surface area contributed by atoms with Gasteiger partial charge < -0.3 is 11.1 Å². The topological polar surface area (TPSA) is 53.6 Å². The molecule has 3 N–H and O–H groups in total. The van der Waals surface area contributed by atoms with Crippen molar-refractivity contribution in [2.24, 2.45) is 16.6 Å². The van der Waals surface area contributed by atoms with Crippen LogP contribution in [0.4, 0.5) is 0 Å². The molecule has 22 heavy (non-hydrogen) atoms. The summed E-state index contributed by atoms with van der Waals surface area (Å²) in [5, 5.41) is 7.54. The minimum Gasteiger partial charge on any atom is -0.370 e. The van der Waals surface area contributed by atoms with Crippen LogP contribution in [0.5, 0.6) is 0 Å². The van der Waals surface area contributed by atoms with E-state index in [4.69, 9.17) is 5.73 Å². The van der Waals surface area contributed by atoms with Gasteiger partial charge in [0.1, 0.15) is 0 Å². The predicted octanol–water partition coefficient (Wildman–Crippen LogP) is 3.70. The monoisotopic (exact) mass is 438 g/mol. The van der Waals surface area contributed by atoms with Gasteiger partial charge in [-0.05, 0) is 47.8 Å². The fourth-order valence-electron chi connectivity index (χ4n) is 2.29. The Hall–Kier alpha value is -0.340. The molecule has 0 aliphatic carbocycles. The van der Waals surface area contributed by atoms with Gasteiger partial charge in [0.15, 0.2) is 5.96 Å². The molecule has 0 aliphatic rings. The molecule has 0 spiro atoms. The van der Waals surface area contributed by atoms with Gasteiger partial charge in [-0.25, -0.2) is 0 Å². The maximum atomic E-state index is 5.97. The van der Waals surface area contributed by atoms with Gasteiger partial charge in [-0.3, -0.25) is 9.89 Å². The Kier molecular flexibility index (Phi) is 11.9. The third kappa shape index (κ3) is 7.78. The van der Waals surface area contributed by atoms with Crippen molar-refractivity contribution in [1.82, 2.24) is 10.2 Å². The molecule has 0 aromatic carbocycles. The molecule has 0 amide bonds.